The van der Waals surface area contributed by atoms with Gasteiger partial charge in [0.05, 0.1) is 25.4 Å². The van der Waals surface area contributed by atoms with Crippen LogP contribution in [0.15, 0.2) is 48.5 Å². The molecule has 0 saturated carbocycles. The second kappa shape index (κ2) is 8.40. The number of rotatable bonds is 7. The lowest BCUT2D eigenvalue weighted by Crippen LogP contribution is -2.24. The average molecular weight is 373 g/mol. The van der Waals surface area contributed by atoms with Crippen LogP contribution in [0.25, 0.3) is 11.4 Å². The number of nitrogens with zero attached hydrogens (tertiary/aromatic N) is 4. The molecule has 2 aromatic carbocycles. The molecule has 1 N–H and O–H groups in total. The van der Waals surface area contributed by atoms with E-state index in [1.54, 1.807) is 0 Å². The predicted molar refractivity (Wildman–Crippen MR) is 99.8 cm³/mol. The molecule has 0 bridgehead atoms. The van der Waals surface area contributed by atoms with Gasteiger partial charge in [0, 0.05) is 10.6 Å². The van der Waals surface area contributed by atoms with Crippen molar-refractivity contribution in [3.8, 4) is 11.4 Å². The first-order valence-corrected chi connectivity index (χ1v) is 8.79. The van der Waals surface area contributed by atoms with Gasteiger partial charge in [-0.25, -0.2) is 0 Å². The van der Waals surface area contributed by atoms with Crippen molar-refractivity contribution >= 4 is 11.6 Å². The van der Waals surface area contributed by atoms with Crippen molar-refractivity contribution < 1.29 is 9.84 Å². The number of aromatic nitrogens is 4. The minimum Gasteiger partial charge on any atom is -0.389 e. The molecular formula is C19H21ClN4O2. The zero-order valence-electron chi connectivity index (χ0n) is 14.7. The standard InChI is InChI=1S/C19H21ClN4O2/c1-13-3-5-16(6-4-13)19-21-23-24(22-19)11-18(25)12-26-14(2)15-7-9-17(20)10-8-15/h3-10,14,18,25H,11-12H2,1-2H3/t14-,18-/m1/s1. The maximum absolute atomic E-state index is 10.2. The van der Waals surface area contributed by atoms with Crippen LogP contribution in [0.5, 0.6) is 0 Å². The summed E-state index contributed by atoms with van der Waals surface area (Å²) in [5.41, 5.74) is 3.06. The van der Waals surface area contributed by atoms with Crippen LogP contribution in [-0.2, 0) is 11.3 Å². The van der Waals surface area contributed by atoms with Crippen molar-refractivity contribution in [2.24, 2.45) is 0 Å². The zero-order valence-corrected chi connectivity index (χ0v) is 15.5. The lowest BCUT2D eigenvalue weighted by Gasteiger charge is -2.16. The molecule has 26 heavy (non-hydrogen) atoms. The fourth-order valence-electron chi connectivity index (χ4n) is 2.47. The number of aryl methyl sites for hydroxylation is 1. The summed E-state index contributed by atoms with van der Waals surface area (Å²) >= 11 is 5.88. The van der Waals surface area contributed by atoms with E-state index in [2.05, 4.69) is 15.4 Å². The molecule has 3 aromatic rings. The molecule has 1 aromatic heterocycles. The molecule has 0 aliphatic rings. The van der Waals surface area contributed by atoms with E-state index in [1.165, 1.54) is 10.4 Å². The number of aliphatic hydroxyl groups excluding tert-OH is 1. The van der Waals surface area contributed by atoms with Crippen LogP contribution >= 0.6 is 11.6 Å². The molecular weight excluding hydrogens is 352 g/mol. The first-order valence-electron chi connectivity index (χ1n) is 8.41. The molecule has 0 radical (unpaired) electrons. The lowest BCUT2D eigenvalue weighted by atomic mass is 10.1. The Hall–Kier alpha value is -2.28. The fraction of sp³-hybridized carbons (Fsp3) is 0.316. The molecule has 0 spiro atoms. The number of hydrogen-bond acceptors (Lipinski definition) is 5. The zero-order chi connectivity index (χ0) is 18.5. The SMILES string of the molecule is Cc1ccc(-c2nnn(C[C@@H](O)CO[C@H](C)c3ccc(Cl)cc3)n2)cc1. The third kappa shape index (κ3) is 4.88. The topological polar surface area (TPSA) is 73.1 Å². The van der Waals surface area contributed by atoms with Gasteiger partial charge < -0.3 is 9.84 Å². The summed E-state index contributed by atoms with van der Waals surface area (Å²) in [6.07, 6.45) is -0.876. The van der Waals surface area contributed by atoms with Gasteiger partial charge >= 0.3 is 0 Å². The summed E-state index contributed by atoms with van der Waals surface area (Å²) < 4.78 is 5.72. The third-order valence-electron chi connectivity index (χ3n) is 4.01. The van der Waals surface area contributed by atoms with Crippen LogP contribution in [0.4, 0.5) is 0 Å². The van der Waals surface area contributed by atoms with Crippen molar-refractivity contribution in [1.29, 1.82) is 0 Å². The van der Waals surface area contributed by atoms with Gasteiger partial charge in [-0.15, -0.1) is 10.2 Å². The van der Waals surface area contributed by atoms with Crippen LogP contribution in [0.1, 0.15) is 24.2 Å². The quantitative estimate of drug-likeness (QED) is 0.687. The van der Waals surface area contributed by atoms with Crippen LogP contribution < -0.4 is 0 Å². The van der Waals surface area contributed by atoms with Gasteiger partial charge in [0.2, 0.25) is 5.82 Å². The Bertz CT molecular complexity index is 834. The highest BCUT2D eigenvalue weighted by Crippen LogP contribution is 2.19. The van der Waals surface area contributed by atoms with E-state index >= 15 is 0 Å². The number of hydrogen-bond donors (Lipinski definition) is 1. The molecule has 0 fully saturated rings. The highest BCUT2D eigenvalue weighted by atomic mass is 35.5. The summed E-state index contributed by atoms with van der Waals surface area (Å²) in [5, 5.41) is 23.2. The summed E-state index contributed by atoms with van der Waals surface area (Å²) in [4.78, 5) is 1.39. The minimum atomic E-state index is -0.732. The molecule has 136 valence electrons. The smallest absolute Gasteiger partial charge is 0.204 e. The fourth-order valence-corrected chi connectivity index (χ4v) is 2.59. The molecule has 0 saturated heterocycles. The van der Waals surface area contributed by atoms with Crippen molar-refractivity contribution in [3.05, 3.63) is 64.7 Å². The van der Waals surface area contributed by atoms with Crippen LogP contribution in [-0.4, -0.2) is 38.0 Å². The van der Waals surface area contributed by atoms with Gasteiger partial charge in [-0.2, -0.15) is 4.80 Å². The van der Waals surface area contributed by atoms with E-state index < -0.39 is 6.10 Å². The van der Waals surface area contributed by atoms with E-state index in [4.69, 9.17) is 16.3 Å². The Morgan fingerprint density at radius 1 is 1.12 bits per heavy atom. The molecule has 0 unspecified atom stereocenters. The van der Waals surface area contributed by atoms with Crippen molar-refractivity contribution in [2.75, 3.05) is 6.61 Å². The second-order valence-electron chi connectivity index (χ2n) is 6.21. The van der Waals surface area contributed by atoms with Gasteiger partial charge in [0.1, 0.15) is 0 Å². The first kappa shape index (κ1) is 18.5. The molecule has 0 aliphatic heterocycles. The molecule has 2 atom stereocenters. The van der Waals surface area contributed by atoms with Crippen molar-refractivity contribution in [3.63, 3.8) is 0 Å². The van der Waals surface area contributed by atoms with E-state index in [0.717, 1.165) is 11.1 Å². The van der Waals surface area contributed by atoms with Gasteiger partial charge in [-0.05, 0) is 36.8 Å². The number of aliphatic hydroxyl groups is 1. The normalized spacial score (nSPS) is 13.5. The molecule has 0 aliphatic carbocycles. The summed E-state index contributed by atoms with van der Waals surface area (Å²) in [6.45, 7) is 4.34. The maximum Gasteiger partial charge on any atom is 0.204 e. The highest BCUT2D eigenvalue weighted by Gasteiger charge is 2.13. The average Bonchev–Trinajstić information content (AvgIpc) is 3.09. The number of halogens is 1. The highest BCUT2D eigenvalue weighted by molar-refractivity contribution is 6.30. The molecule has 7 heteroatoms. The largest absolute Gasteiger partial charge is 0.389 e. The summed E-state index contributed by atoms with van der Waals surface area (Å²) in [5.74, 6) is 0.535. The van der Waals surface area contributed by atoms with Crippen molar-refractivity contribution in [2.45, 2.75) is 32.6 Å². The number of tetrazole rings is 1. The van der Waals surface area contributed by atoms with Gasteiger partial charge in [-0.1, -0.05) is 53.6 Å². The minimum absolute atomic E-state index is 0.145. The molecule has 0 amide bonds. The first-order chi connectivity index (χ1) is 12.5. The lowest BCUT2D eigenvalue weighted by molar-refractivity contribution is -0.0116. The van der Waals surface area contributed by atoms with E-state index in [-0.39, 0.29) is 19.3 Å². The van der Waals surface area contributed by atoms with Crippen LogP contribution in [0.2, 0.25) is 5.02 Å². The monoisotopic (exact) mass is 372 g/mol. The van der Waals surface area contributed by atoms with E-state index in [0.29, 0.717) is 10.8 Å². The maximum atomic E-state index is 10.2. The predicted octanol–water partition coefficient (Wildman–Crippen LogP) is 3.44. The molecule has 3 rings (SSSR count). The second-order valence-corrected chi connectivity index (χ2v) is 6.65. The van der Waals surface area contributed by atoms with Gasteiger partial charge in [0.15, 0.2) is 0 Å². The summed E-state index contributed by atoms with van der Waals surface area (Å²) in [7, 11) is 0. The Morgan fingerprint density at radius 2 is 1.81 bits per heavy atom. The van der Waals surface area contributed by atoms with Crippen LogP contribution in [0, 0.1) is 6.92 Å². The van der Waals surface area contributed by atoms with E-state index in [9.17, 15) is 5.11 Å². The van der Waals surface area contributed by atoms with E-state index in [1.807, 2.05) is 62.4 Å². The molecule has 6 nitrogen and oxygen atoms in total. The number of benzene rings is 2. The van der Waals surface area contributed by atoms with Crippen LogP contribution in [0.3, 0.4) is 0 Å². The molecule has 1 heterocycles. The Balaban J connectivity index is 1.52. The Kier molecular flexibility index (Phi) is 5.98. The third-order valence-corrected chi connectivity index (χ3v) is 4.27. The van der Waals surface area contributed by atoms with Gasteiger partial charge in [-0.3, -0.25) is 0 Å². The van der Waals surface area contributed by atoms with Crippen molar-refractivity contribution in [1.82, 2.24) is 20.2 Å². The van der Waals surface area contributed by atoms with Gasteiger partial charge in [0.25, 0.3) is 0 Å². The Morgan fingerprint density at radius 3 is 2.50 bits per heavy atom. The summed E-state index contributed by atoms with van der Waals surface area (Å²) in [6, 6.07) is 15.3. The number of ether oxygens (including phenoxy) is 1. The Labute approximate surface area is 157 Å².